The number of carbonyl (C=O) groups is 2. The van der Waals surface area contributed by atoms with Crippen LogP contribution in [0.4, 0.5) is 0 Å². The molecule has 0 aromatic heterocycles. The molecule has 20 heavy (non-hydrogen) atoms. The Labute approximate surface area is 118 Å². The summed E-state index contributed by atoms with van der Waals surface area (Å²) in [6.07, 6.45) is 2.11. The molecule has 0 aliphatic carbocycles. The second-order valence-electron chi connectivity index (χ2n) is 4.97. The van der Waals surface area contributed by atoms with Crippen LogP contribution in [0, 0.1) is 0 Å². The van der Waals surface area contributed by atoms with Crippen LogP contribution in [0.25, 0.3) is 0 Å². The van der Waals surface area contributed by atoms with Gasteiger partial charge in [0, 0.05) is 19.0 Å². The quantitative estimate of drug-likeness (QED) is 0.579. The molecule has 1 unspecified atom stereocenters. The number of nitrogens with zero attached hydrogens (tertiary/aromatic N) is 1. The average molecular weight is 307 g/mol. The first kappa shape index (κ1) is 16.9. The Morgan fingerprint density at radius 3 is 2.60 bits per heavy atom. The first-order valence-corrected chi connectivity index (χ1v) is 7.98. The molecule has 9 heteroatoms. The van der Waals surface area contributed by atoms with Crippen molar-refractivity contribution in [3.8, 4) is 0 Å². The molecular weight excluding hydrogens is 286 g/mol. The van der Waals surface area contributed by atoms with Gasteiger partial charge < -0.3 is 10.8 Å². The Balaban J connectivity index is 2.74. The number of aliphatic carboxylic acids is 1. The van der Waals surface area contributed by atoms with Gasteiger partial charge in [0.1, 0.15) is 6.04 Å². The summed E-state index contributed by atoms with van der Waals surface area (Å²) in [5, 5.41) is 9.02. The number of hydrogen-bond donors (Lipinski definition) is 3. The van der Waals surface area contributed by atoms with Gasteiger partial charge in [-0.3, -0.25) is 9.59 Å². The maximum Gasteiger partial charge on any atom is 0.321 e. The lowest BCUT2D eigenvalue weighted by molar-refractivity contribution is -0.139. The first-order valence-electron chi connectivity index (χ1n) is 6.54. The van der Waals surface area contributed by atoms with Crippen LogP contribution in [0.3, 0.4) is 0 Å². The van der Waals surface area contributed by atoms with E-state index in [1.807, 2.05) is 0 Å². The van der Waals surface area contributed by atoms with E-state index in [2.05, 4.69) is 4.72 Å². The number of rotatable bonds is 7. The van der Waals surface area contributed by atoms with Gasteiger partial charge in [-0.15, -0.1) is 0 Å². The highest BCUT2D eigenvalue weighted by atomic mass is 32.2. The van der Waals surface area contributed by atoms with Crippen molar-refractivity contribution in [1.29, 1.82) is 0 Å². The zero-order chi connectivity index (χ0) is 15.3. The number of primary amides is 1. The minimum Gasteiger partial charge on any atom is -0.480 e. The van der Waals surface area contributed by atoms with Gasteiger partial charge in [-0.25, -0.2) is 0 Å². The highest BCUT2D eigenvalue weighted by molar-refractivity contribution is 7.87. The Morgan fingerprint density at radius 1 is 1.45 bits per heavy atom. The summed E-state index contributed by atoms with van der Waals surface area (Å²) in [6.45, 7) is 2.16. The molecule has 0 saturated carbocycles. The molecule has 0 bridgehead atoms. The van der Waals surface area contributed by atoms with Gasteiger partial charge in [0.15, 0.2) is 0 Å². The third-order valence-electron chi connectivity index (χ3n) is 3.32. The van der Waals surface area contributed by atoms with Crippen LogP contribution in [0.5, 0.6) is 0 Å². The van der Waals surface area contributed by atoms with Gasteiger partial charge in [-0.05, 0) is 26.2 Å². The van der Waals surface area contributed by atoms with Gasteiger partial charge in [0.05, 0.1) is 0 Å². The Kier molecular flexibility index (Phi) is 5.90. The molecule has 1 amide bonds. The first-order chi connectivity index (χ1) is 9.24. The van der Waals surface area contributed by atoms with Crippen molar-refractivity contribution in [3.63, 3.8) is 0 Å². The number of carbonyl (C=O) groups excluding carboxylic acids is 1. The predicted molar refractivity (Wildman–Crippen MR) is 71.9 cm³/mol. The van der Waals surface area contributed by atoms with Crippen LogP contribution in [0.15, 0.2) is 0 Å². The van der Waals surface area contributed by atoms with Gasteiger partial charge in [0.25, 0.3) is 10.2 Å². The van der Waals surface area contributed by atoms with Gasteiger partial charge in [0.2, 0.25) is 5.91 Å². The summed E-state index contributed by atoms with van der Waals surface area (Å²) < 4.78 is 27.8. The molecule has 0 spiro atoms. The van der Waals surface area contributed by atoms with Crippen molar-refractivity contribution in [2.75, 3.05) is 6.54 Å². The van der Waals surface area contributed by atoms with E-state index in [-0.39, 0.29) is 18.9 Å². The lowest BCUT2D eigenvalue weighted by atomic mass is 10.1. The molecule has 116 valence electrons. The third kappa shape index (κ3) is 4.73. The number of nitrogens with one attached hydrogen (secondary N) is 1. The monoisotopic (exact) mass is 307 g/mol. The van der Waals surface area contributed by atoms with E-state index in [0.717, 1.165) is 19.3 Å². The minimum atomic E-state index is -3.87. The lowest BCUT2D eigenvalue weighted by Gasteiger charge is -2.33. The average Bonchev–Trinajstić information content (AvgIpc) is 2.34. The zero-order valence-electron chi connectivity index (χ0n) is 11.4. The van der Waals surface area contributed by atoms with Gasteiger partial charge in [-0.2, -0.15) is 17.4 Å². The number of nitrogens with two attached hydrogens (primary N) is 1. The molecule has 1 saturated heterocycles. The standard InChI is InChI=1S/C11H21N3O5S/c1-8-4-2-3-7-14(8)20(18,19)13-9(11(16)17)5-6-10(12)15/h8-9,13H,2-7H2,1H3,(H2,12,15)(H,16,17)/t8?,9-/m1/s1. The van der Waals surface area contributed by atoms with Crippen LogP contribution < -0.4 is 10.5 Å². The topological polar surface area (TPSA) is 130 Å². The zero-order valence-corrected chi connectivity index (χ0v) is 12.2. The van der Waals surface area contributed by atoms with Crippen molar-refractivity contribution >= 4 is 22.1 Å². The molecule has 0 aromatic carbocycles. The molecular formula is C11H21N3O5S. The molecule has 4 N–H and O–H groups in total. The van der Waals surface area contributed by atoms with Crippen molar-refractivity contribution in [3.05, 3.63) is 0 Å². The van der Waals surface area contributed by atoms with Crippen LogP contribution in [0.1, 0.15) is 39.0 Å². The molecule has 1 heterocycles. The Hall–Kier alpha value is -1.19. The normalized spacial score (nSPS) is 22.4. The molecule has 0 radical (unpaired) electrons. The fraction of sp³-hybridized carbons (Fsp3) is 0.818. The third-order valence-corrected chi connectivity index (χ3v) is 5.06. The summed E-state index contributed by atoms with van der Waals surface area (Å²) in [5.41, 5.74) is 4.95. The molecule has 0 aromatic rings. The van der Waals surface area contributed by atoms with Crippen LogP contribution in [0.2, 0.25) is 0 Å². The Morgan fingerprint density at radius 2 is 2.10 bits per heavy atom. The molecule has 1 fully saturated rings. The number of carboxylic acid groups (broad SMARTS) is 1. The highest BCUT2D eigenvalue weighted by Gasteiger charge is 2.33. The minimum absolute atomic E-state index is 0.160. The van der Waals surface area contributed by atoms with Crippen LogP contribution >= 0.6 is 0 Å². The predicted octanol–water partition coefficient (Wildman–Crippen LogP) is -0.586. The van der Waals surface area contributed by atoms with Crippen molar-refractivity contribution < 1.29 is 23.1 Å². The van der Waals surface area contributed by atoms with Gasteiger partial charge >= 0.3 is 5.97 Å². The fourth-order valence-corrected chi connectivity index (χ4v) is 3.86. The lowest BCUT2D eigenvalue weighted by Crippen LogP contribution is -2.52. The van der Waals surface area contributed by atoms with E-state index in [0.29, 0.717) is 6.54 Å². The van der Waals surface area contributed by atoms with E-state index >= 15 is 0 Å². The molecule has 2 atom stereocenters. The largest absolute Gasteiger partial charge is 0.480 e. The van der Waals surface area contributed by atoms with Gasteiger partial charge in [-0.1, -0.05) is 6.42 Å². The maximum absolute atomic E-state index is 12.2. The second kappa shape index (κ2) is 7.00. The number of hydrogen-bond acceptors (Lipinski definition) is 4. The SMILES string of the molecule is CC1CCCCN1S(=O)(=O)N[C@H](CCC(N)=O)C(=O)O. The van der Waals surface area contributed by atoms with Crippen molar-refractivity contribution in [1.82, 2.24) is 9.03 Å². The summed E-state index contributed by atoms with van der Waals surface area (Å²) in [6, 6.07) is -1.51. The molecule has 1 aliphatic heterocycles. The van der Waals surface area contributed by atoms with E-state index < -0.39 is 28.1 Å². The van der Waals surface area contributed by atoms with Crippen LogP contribution in [-0.2, 0) is 19.8 Å². The molecule has 8 nitrogen and oxygen atoms in total. The second-order valence-corrected chi connectivity index (χ2v) is 6.63. The number of amides is 1. The number of piperidine rings is 1. The smallest absolute Gasteiger partial charge is 0.321 e. The summed E-state index contributed by atoms with van der Waals surface area (Å²) >= 11 is 0. The molecule has 1 rings (SSSR count). The van der Waals surface area contributed by atoms with Crippen molar-refractivity contribution in [2.45, 2.75) is 51.1 Å². The fourth-order valence-electron chi connectivity index (χ4n) is 2.20. The highest BCUT2D eigenvalue weighted by Crippen LogP contribution is 2.19. The maximum atomic E-state index is 12.2. The van der Waals surface area contributed by atoms with E-state index in [4.69, 9.17) is 10.8 Å². The molecule has 1 aliphatic rings. The Bertz CT molecular complexity index is 465. The summed E-state index contributed by atoms with van der Waals surface area (Å²) in [4.78, 5) is 21.7. The van der Waals surface area contributed by atoms with Crippen molar-refractivity contribution in [2.24, 2.45) is 5.73 Å². The van der Waals surface area contributed by atoms with Crippen LogP contribution in [-0.4, -0.2) is 48.3 Å². The number of carboxylic acids is 1. The summed E-state index contributed by atoms with van der Waals surface area (Å²) in [7, 11) is -3.87. The van der Waals surface area contributed by atoms with E-state index in [1.54, 1.807) is 6.92 Å². The van der Waals surface area contributed by atoms with E-state index in [1.165, 1.54) is 4.31 Å². The van der Waals surface area contributed by atoms with E-state index in [9.17, 15) is 18.0 Å². The summed E-state index contributed by atoms with van der Waals surface area (Å²) in [5.74, 6) is -1.98.